The Morgan fingerprint density at radius 1 is 1.00 bits per heavy atom. The molecule has 0 aliphatic heterocycles. The zero-order valence-corrected chi connectivity index (χ0v) is 10.7. The average Bonchev–Trinajstić information content (AvgIpc) is 2.48. The first kappa shape index (κ1) is 14.6. The lowest BCUT2D eigenvalue weighted by atomic mass is 10.0. The molecule has 1 heterocycles. The molecule has 0 unspecified atom stereocenters. The lowest BCUT2D eigenvalue weighted by Crippen LogP contribution is -2.06. The van der Waals surface area contributed by atoms with Crippen molar-refractivity contribution in [3.63, 3.8) is 0 Å². The van der Waals surface area contributed by atoms with E-state index in [1.165, 1.54) is 24.5 Å². The molecule has 0 aliphatic rings. The lowest BCUT2D eigenvalue weighted by Gasteiger charge is -2.09. The third-order valence-electron chi connectivity index (χ3n) is 2.87. The van der Waals surface area contributed by atoms with Crippen LogP contribution in [0.1, 0.15) is 16.7 Å². The van der Waals surface area contributed by atoms with Gasteiger partial charge < -0.3 is 5.73 Å². The van der Waals surface area contributed by atoms with Gasteiger partial charge in [-0.05, 0) is 35.4 Å². The van der Waals surface area contributed by atoms with Gasteiger partial charge in [-0.1, -0.05) is 12.1 Å². The van der Waals surface area contributed by atoms with Gasteiger partial charge in [0.25, 0.3) is 0 Å². The van der Waals surface area contributed by atoms with E-state index in [4.69, 9.17) is 5.73 Å². The third kappa shape index (κ3) is 3.20. The third-order valence-corrected chi connectivity index (χ3v) is 2.87. The van der Waals surface area contributed by atoms with Gasteiger partial charge in [-0.25, -0.2) is 0 Å². The lowest BCUT2D eigenvalue weighted by molar-refractivity contribution is -0.137. The van der Waals surface area contributed by atoms with Crippen molar-refractivity contribution >= 4 is 11.3 Å². The molecule has 6 heteroatoms. The molecule has 1 aromatic carbocycles. The maximum Gasteiger partial charge on any atom is 0.416 e. The number of nitrogens with zero attached hydrogens (tertiary/aromatic N) is 2. The minimum absolute atomic E-state index is 0.123. The number of benzene rings is 1. The smallest absolute Gasteiger partial charge is 0.397 e. The van der Waals surface area contributed by atoms with Crippen molar-refractivity contribution in [3.8, 4) is 6.07 Å². The fraction of sp³-hybridized carbons (Fsp3) is 0.0667. The van der Waals surface area contributed by atoms with Crippen LogP contribution in [0, 0.1) is 11.3 Å². The van der Waals surface area contributed by atoms with E-state index in [1.807, 2.05) is 6.07 Å². The monoisotopic (exact) mass is 289 g/mol. The summed E-state index contributed by atoms with van der Waals surface area (Å²) in [5.74, 6) is 0. The standard InChI is InChI=1S/C15H10F3N3/c16-15(17,18)12-3-1-11(2-4-12)14(20)13(9-19)10-5-7-21-8-6-10/h1-8H,20H2/b14-13-. The number of alkyl halides is 3. The van der Waals surface area contributed by atoms with Crippen molar-refractivity contribution in [1.29, 1.82) is 5.26 Å². The first-order valence-electron chi connectivity index (χ1n) is 5.91. The Morgan fingerprint density at radius 2 is 1.57 bits per heavy atom. The Balaban J connectivity index is 2.45. The van der Waals surface area contributed by atoms with Crippen LogP contribution in [0.4, 0.5) is 13.2 Å². The topological polar surface area (TPSA) is 62.7 Å². The Labute approximate surface area is 119 Å². The van der Waals surface area contributed by atoms with Crippen LogP contribution in [0.2, 0.25) is 0 Å². The quantitative estimate of drug-likeness (QED) is 0.861. The number of nitrogens with two attached hydrogens (primary N) is 1. The van der Waals surface area contributed by atoms with Crippen LogP contribution in [0.25, 0.3) is 11.3 Å². The highest BCUT2D eigenvalue weighted by atomic mass is 19.4. The molecule has 2 N–H and O–H groups in total. The summed E-state index contributed by atoms with van der Waals surface area (Å²) in [6.07, 6.45) is -1.39. The Kier molecular flexibility index (Phi) is 3.94. The fourth-order valence-electron chi connectivity index (χ4n) is 1.78. The maximum absolute atomic E-state index is 12.5. The van der Waals surface area contributed by atoms with Gasteiger partial charge in [0.15, 0.2) is 0 Å². The van der Waals surface area contributed by atoms with Crippen LogP contribution >= 0.6 is 0 Å². The highest BCUT2D eigenvalue weighted by molar-refractivity contribution is 5.95. The molecule has 3 nitrogen and oxygen atoms in total. The fourth-order valence-corrected chi connectivity index (χ4v) is 1.78. The normalized spacial score (nSPS) is 12.5. The van der Waals surface area contributed by atoms with Gasteiger partial charge in [0.1, 0.15) is 6.07 Å². The number of hydrogen-bond donors (Lipinski definition) is 1. The Morgan fingerprint density at radius 3 is 2.05 bits per heavy atom. The molecular formula is C15H10F3N3. The highest BCUT2D eigenvalue weighted by Crippen LogP contribution is 2.30. The van der Waals surface area contributed by atoms with Gasteiger partial charge in [0.05, 0.1) is 16.8 Å². The molecule has 2 rings (SSSR count). The van der Waals surface area contributed by atoms with E-state index in [2.05, 4.69) is 4.98 Å². The highest BCUT2D eigenvalue weighted by Gasteiger charge is 2.30. The van der Waals surface area contributed by atoms with Crippen molar-refractivity contribution in [1.82, 2.24) is 4.98 Å². The van der Waals surface area contributed by atoms with Gasteiger partial charge in [-0.15, -0.1) is 0 Å². The summed E-state index contributed by atoms with van der Waals surface area (Å²) in [5.41, 5.74) is 6.37. The number of pyridine rings is 1. The van der Waals surface area contributed by atoms with Crippen molar-refractivity contribution in [2.75, 3.05) is 0 Å². The number of aromatic nitrogens is 1. The van der Waals surface area contributed by atoms with E-state index in [0.717, 1.165) is 12.1 Å². The van der Waals surface area contributed by atoms with Crippen molar-refractivity contribution in [3.05, 3.63) is 65.5 Å². The summed E-state index contributed by atoms with van der Waals surface area (Å²) >= 11 is 0. The van der Waals surface area contributed by atoms with Gasteiger partial charge in [-0.3, -0.25) is 4.98 Å². The van der Waals surface area contributed by atoms with Crippen LogP contribution in [-0.4, -0.2) is 4.98 Å². The van der Waals surface area contributed by atoms with Crippen molar-refractivity contribution < 1.29 is 13.2 Å². The number of rotatable bonds is 2. The molecule has 2 aromatic rings. The molecule has 0 spiro atoms. The Bertz CT molecular complexity index is 696. The second-order valence-electron chi connectivity index (χ2n) is 4.21. The second-order valence-corrected chi connectivity index (χ2v) is 4.21. The van der Waals surface area contributed by atoms with E-state index in [-0.39, 0.29) is 11.3 Å². The van der Waals surface area contributed by atoms with Gasteiger partial charge in [-0.2, -0.15) is 18.4 Å². The molecule has 21 heavy (non-hydrogen) atoms. The molecule has 0 saturated carbocycles. The SMILES string of the molecule is N#C/C(=C(/N)c1ccc(C(F)(F)F)cc1)c1ccncc1. The van der Waals surface area contributed by atoms with Crippen LogP contribution in [-0.2, 0) is 6.18 Å². The van der Waals surface area contributed by atoms with E-state index >= 15 is 0 Å². The van der Waals surface area contributed by atoms with E-state index < -0.39 is 11.7 Å². The van der Waals surface area contributed by atoms with Crippen LogP contribution < -0.4 is 5.73 Å². The number of allylic oxidation sites excluding steroid dienone is 1. The van der Waals surface area contributed by atoms with E-state index in [9.17, 15) is 18.4 Å². The summed E-state index contributed by atoms with van der Waals surface area (Å²) in [5, 5.41) is 9.21. The molecule has 0 amide bonds. The maximum atomic E-state index is 12.5. The first-order chi connectivity index (χ1) is 9.93. The van der Waals surface area contributed by atoms with Crippen LogP contribution in [0.15, 0.2) is 48.8 Å². The molecule has 106 valence electrons. The number of hydrogen-bond acceptors (Lipinski definition) is 3. The van der Waals surface area contributed by atoms with Crippen molar-refractivity contribution in [2.45, 2.75) is 6.18 Å². The minimum Gasteiger partial charge on any atom is -0.397 e. The first-order valence-corrected chi connectivity index (χ1v) is 5.91. The zero-order chi connectivity index (χ0) is 15.5. The molecule has 0 saturated heterocycles. The molecule has 1 aromatic heterocycles. The zero-order valence-electron chi connectivity index (χ0n) is 10.7. The van der Waals surface area contributed by atoms with Gasteiger partial charge >= 0.3 is 6.18 Å². The predicted molar refractivity (Wildman–Crippen MR) is 72.3 cm³/mol. The predicted octanol–water partition coefficient (Wildman–Crippen LogP) is 3.45. The minimum atomic E-state index is -4.40. The molecular weight excluding hydrogens is 279 g/mol. The molecule has 0 atom stereocenters. The molecule has 0 aliphatic carbocycles. The summed E-state index contributed by atoms with van der Waals surface area (Å²) < 4.78 is 37.5. The molecule has 0 bridgehead atoms. The average molecular weight is 289 g/mol. The van der Waals surface area contributed by atoms with Crippen LogP contribution in [0.3, 0.4) is 0 Å². The number of nitriles is 1. The van der Waals surface area contributed by atoms with Crippen LogP contribution in [0.5, 0.6) is 0 Å². The van der Waals surface area contributed by atoms with Gasteiger partial charge in [0, 0.05) is 12.4 Å². The van der Waals surface area contributed by atoms with Crippen molar-refractivity contribution in [2.24, 2.45) is 5.73 Å². The van der Waals surface area contributed by atoms with E-state index in [0.29, 0.717) is 11.1 Å². The van der Waals surface area contributed by atoms with Gasteiger partial charge in [0.2, 0.25) is 0 Å². The summed E-state index contributed by atoms with van der Waals surface area (Å²) in [7, 11) is 0. The largest absolute Gasteiger partial charge is 0.416 e. The second kappa shape index (κ2) is 5.67. The van der Waals surface area contributed by atoms with E-state index in [1.54, 1.807) is 12.1 Å². The Hall–Kier alpha value is -2.81. The summed E-state index contributed by atoms with van der Waals surface area (Å²) in [6.45, 7) is 0. The molecule has 0 radical (unpaired) electrons. The molecule has 0 fully saturated rings. The summed E-state index contributed by atoms with van der Waals surface area (Å²) in [4.78, 5) is 3.83. The summed E-state index contributed by atoms with van der Waals surface area (Å²) in [6, 6.07) is 9.54. The number of halogens is 3.